The number of rotatable bonds is 5. The van der Waals surface area contributed by atoms with Crippen molar-refractivity contribution in [2.75, 3.05) is 13.1 Å². The van der Waals surface area contributed by atoms with Crippen LogP contribution in [0.5, 0.6) is 0 Å². The molecule has 1 rings (SSSR count). The van der Waals surface area contributed by atoms with E-state index in [1.807, 2.05) is 13.8 Å². The topological polar surface area (TPSA) is 75.4 Å². The third kappa shape index (κ3) is 4.47. The first-order valence-electron chi connectivity index (χ1n) is 7.73. The summed E-state index contributed by atoms with van der Waals surface area (Å²) in [6.07, 6.45) is 2.58. The average molecular weight is 283 g/mol. The fourth-order valence-corrected chi connectivity index (χ4v) is 3.07. The van der Waals surface area contributed by atoms with Gasteiger partial charge in [-0.25, -0.2) is 0 Å². The fourth-order valence-electron chi connectivity index (χ4n) is 3.07. The minimum Gasteiger partial charge on any atom is -0.344 e. The largest absolute Gasteiger partial charge is 0.344 e. The summed E-state index contributed by atoms with van der Waals surface area (Å²) in [7, 11) is 0. The Morgan fingerprint density at radius 1 is 1.25 bits per heavy atom. The first-order valence-corrected chi connectivity index (χ1v) is 7.73. The highest BCUT2D eigenvalue weighted by atomic mass is 16.2. The highest BCUT2D eigenvalue weighted by Gasteiger charge is 2.31. The lowest BCUT2D eigenvalue weighted by Gasteiger charge is -2.31. The lowest BCUT2D eigenvalue weighted by Crippen LogP contribution is -2.49. The molecule has 1 aliphatic carbocycles. The summed E-state index contributed by atoms with van der Waals surface area (Å²) in [6, 6.07) is -0.362. The third-order valence-electron chi connectivity index (χ3n) is 4.15. The molecule has 4 atom stereocenters. The number of amides is 2. The Morgan fingerprint density at radius 3 is 2.35 bits per heavy atom. The average Bonchev–Trinajstić information content (AvgIpc) is 2.38. The minimum absolute atomic E-state index is 0.0171. The number of likely N-dealkylation sites (N-methyl/N-ethyl adjacent to an activating group) is 1. The molecule has 0 aromatic rings. The Balaban J connectivity index is 2.54. The van der Waals surface area contributed by atoms with E-state index < -0.39 is 6.04 Å². The molecule has 0 heterocycles. The van der Waals surface area contributed by atoms with Gasteiger partial charge in [0.15, 0.2) is 0 Å². The van der Waals surface area contributed by atoms with Gasteiger partial charge in [0.25, 0.3) is 0 Å². The highest BCUT2D eigenvalue weighted by molar-refractivity contribution is 5.88. The molecule has 1 fully saturated rings. The summed E-state index contributed by atoms with van der Waals surface area (Å²) < 4.78 is 0. The van der Waals surface area contributed by atoms with E-state index in [0.29, 0.717) is 19.0 Å². The van der Waals surface area contributed by atoms with Gasteiger partial charge in [-0.15, -0.1) is 0 Å². The van der Waals surface area contributed by atoms with Gasteiger partial charge in [-0.3, -0.25) is 9.59 Å². The SMILES string of the molecule is CCN(CC)C(=O)C(C)NC(=O)C1CC(C)CC(N)C1. The standard InChI is InChI=1S/C15H29N3O2/c1-5-18(6-2)15(20)11(4)17-14(19)12-7-10(3)8-13(16)9-12/h10-13H,5-9,16H2,1-4H3,(H,17,19). The molecule has 2 amide bonds. The molecular weight excluding hydrogens is 254 g/mol. The number of nitrogens with one attached hydrogen (secondary N) is 1. The highest BCUT2D eigenvalue weighted by Crippen LogP contribution is 2.28. The van der Waals surface area contributed by atoms with Crippen LogP contribution in [0.1, 0.15) is 47.0 Å². The van der Waals surface area contributed by atoms with Crippen LogP contribution in [0.4, 0.5) is 0 Å². The van der Waals surface area contributed by atoms with Crippen molar-refractivity contribution in [2.45, 2.75) is 59.0 Å². The maximum atomic E-state index is 12.3. The molecule has 20 heavy (non-hydrogen) atoms. The normalized spacial score (nSPS) is 27.8. The van der Waals surface area contributed by atoms with Crippen LogP contribution in [-0.2, 0) is 9.59 Å². The smallest absolute Gasteiger partial charge is 0.244 e. The Bertz CT molecular complexity index is 332. The Hall–Kier alpha value is -1.10. The van der Waals surface area contributed by atoms with E-state index in [4.69, 9.17) is 5.73 Å². The van der Waals surface area contributed by atoms with Gasteiger partial charge in [-0.1, -0.05) is 6.92 Å². The predicted octanol–water partition coefficient (Wildman–Crippen LogP) is 1.12. The lowest BCUT2D eigenvalue weighted by molar-refractivity contribution is -0.137. The third-order valence-corrected chi connectivity index (χ3v) is 4.15. The van der Waals surface area contributed by atoms with E-state index in [1.54, 1.807) is 11.8 Å². The van der Waals surface area contributed by atoms with Gasteiger partial charge in [0, 0.05) is 25.0 Å². The van der Waals surface area contributed by atoms with Crippen LogP contribution in [0, 0.1) is 11.8 Å². The van der Waals surface area contributed by atoms with Crippen LogP contribution in [0.3, 0.4) is 0 Å². The lowest BCUT2D eigenvalue weighted by atomic mass is 9.79. The monoisotopic (exact) mass is 283 g/mol. The second kappa shape index (κ2) is 7.62. The van der Waals surface area contributed by atoms with Crippen LogP contribution < -0.4 is 11.1 Å². The van der Waals surface area contributed by atoms with E-state index in [0.717, 1.165) is 19.3 Å². The van der Waals surface area contributed by atoms with E-state index in [-0.39, 0.29) is 23.8 Å². The van der Waals surface area contributed by atoms with Crippen molar-refractivity contribution in [1.29, 1.82) is 0 Å². The van der Waals surface area contributed by atoms with Gasteiger partial charge >= 0.3 is 0 Å². The number of nitrogens with zero attached hydrogens (tertiary/aromatic N) is 1. The number of hydrogen-bond acceptors (Lipinski definition) is 3. The van der Waals surface area contributed by atoms with E-state index in [1.165, 1.54) is 0 Å². The fraction of sp³-hybridized carbons (Fsp3) is 0.867. The van der Waals surface area contributed by atoms with Crippen LogP contribution >= 0.6 is 0 Å². The molecular formula is C15H29N3O2. The number of nitrogens with two attached hydrogens (primary N) is 1. The maximum absolute atomic E-state index is 12.3. The molecule has 0 bridgehead atoms. The molecule has 1 saturated carbocycles. The van der Waals surface area contributed by atoms with Gasteiger partial charge in [-0.2, -0.15) is 0 Å². The van der Waals surface area contributed by atoms with E-state index >= 15 is 0 Å². The molecule has 0 spiro atoms. The van der Waals surface area contributed by atoms with Crippen molar-refractivity contribution in [3.05, 3.63) is 0 Å². The number of carbonyl (C=O) groups is 2. The summed E-state index contributed by atoms with van der Waals surface area (Å²) in [5.41, 5.74) is 5.98. The Labute approximate surface area is 122 Å². The quantitative estimate of drug-likeness (QED) is 0.794. The maximum Gasteiger partial charge on any atom is 0.244 e. The van der Waals surface area contributed by atoms with Crippen molar-refractivity contribution >= 4 is 11.8 Å². The molecule has 0 saturated heterocycles. The zero-order valence-corrected chi connectivity index (χ0v) is 13.2. The minimum atomic E-state index is -0.462. The summed E-state index contributed by atoms with van der Waals surface area (Å²) in [4.78, 5) is 26.1. The molecule has 0 aromatic carbocycles. The van der Waals surface area contributed by atoms with Crippen LogP contribution in [-0.4, -0.2) is 41.9 Å². The summed E-state index contributed by atoms with van der Waals surface area (Å²) in [6.45, 7) is 9.10. The second-order valence-electron chi connectivity index (χ2n) is 6.01. The molecule has 4 unspecified atom stereocenters. The summed E-state index contributed by atoms with van der Waals surface area (Å²) >= 11 is 0. The predicted molar refractivity (Wildman–Crippen MR) is 80.0 cm³/mol. The molecule has 0 aliphatic heterocycles. The van der Waals surface area contributed by atoms with Crippen molar-refractivity contribution < 1.29 is 9.59 Å². The van der Waals surface area contributed by atoms with Crippen molar-refractivity contribution in [3.63, 3.8) is 0 Å². The summed E-state index contributed by atoms with van der Waals surface area (Å²) in [5, 5.41) is 2.85. The van der Waals surface area contributed by atoms with E-state index in [2.05, 4.69) is 12.2 Å². The molecule has 3 N–H and O–H groups in total. The first kappa shape index (κ1) is 17.0. The zero-order chi connectivity index (χ0) is 15.3. The molecule has 5 heteroatoms. The number of carbonyl (C=O) groups excluding carboxylic acids is 2. The van der Waals surface area contributed by atoms with E-state index in [9.17, 15) is 9.59 Å². The van der Waals surface area contributed by atoms with Crippen LogP contribution in [0.15, 0.2) is 0 Å². The van der Waals surface area contributed by atoms with Gasteiger partial charge in [-0.05, 0) is 46.0 Å². The van der Waals surface area contributed by atoms with Crippen molar-refractivity contribution in [2.24, 2.45) is 17.6 Å². The molecule has 5 nitrogen and oxygen atoms in total. The van der Waals surface area contributed by atoms with Gasteiger partial charge in [0.2, 0.25) is 11.8 Å². The second-order valence-corrected chi connectivity index (χ2v) is 6.01. The number of hydrogen-bond donors (Lipinski definition) is 2. The zero-order valence-electron chi connectivity index (χ0n) is 13.2. The Morgan fingerprint density at radius 2 is 1.85 bits per heavy atom. The van der Waals surface area contributed by atoms with Gasteiger partial charge in [0.1, 0.15) is 6.04 Å². The molecule has 116 valence electrons. The molecule has 1 aliphatic rings. The molecule has 0 radical (unpaired) electrons. The first-order chi connectivity index (χ1) is 9.38. The van der Waals surface area contributed by atoms with Crippen molar-refractivity contribution in [1.82, 2.24) is 10.2 Å². The Kier molecular flexibility index (Phi) is 6.46. The van der Waals surface area contributed by atoms with Gasteiger partial charge < -0.3 is 16.0 Å². The summed E-state index contributed by atoms with van der Waals surface area (Å²) in [5.74, 6) is 0.375. The van der Waals surface area contributed by atoms with Crippen LogP contribution in [0.25, 0.3) is 0 Å². The molecule has 0 aromatic heterocycles. The van der Waals surface area contributed by atoms with Crippen molar-refractivity contribution in [3.8, 4) is 0 Å². The van der Waals surface area contributed by atoms with Crippen LogP contribution in [0.2, 0.25) is 0 Å². The van der Waals surface area contributed by atoms with Gasteiger partial charge in [0.05, 0.1) is 0 Å².